The van der Waals surface area contributed by atoms with Gasteiger partial charge in [0, 0.05) is 13.3 Å². The van der Waals surface area contributed by atoms with Gasteiger partial charge in [-0.15, -0.1) is 0 Å². The summed E-state index contributed by atoms with van der Waals surface area (Å²) in [7, 11) is 0. The van der Waals surface area contributed by atoms with Crippen molar-refractivity contribution < 1.29 is 1.43 Å². The minimum Gasteiger partial charge on any atom is -0.353 e. The van der Waals surface area contributed by atoms with Crippen LogP contribution in [0.3, 0.4) is 0 Å². The van der Waals surface area contributed by atoms with E-state index in [0.717, 1.165) is 22.3 Å². The van der Waals surface area contributed by atoms with Gasteiger partial charge in [0.1, 0.15) is 0 Å². The predicted octanol–water partition coefficient (Wildman–Crippen LogP) is 2.84. The van der Waals surface area contributed by atoms with Crippen LogP contribution in [0, 0.1) is 0 Å². The molecule has 2 aromatic heterocycles. The average Bonchev–Trinajstić information content (AvgIpc) is 2.46. The van der Waals surface area contributed by atoms with Gasteiger partial charge in [0.15, 0.2) is 0 Å². The van der Waals surface area contributed by atoms with Crippen molar-refractivity contribution in [3.8, 4) is 0 Å². The van der Waals surface area contributed by atoms with E-state index in [1.807, 2.05) is 25.1 Å². The minimum absolute atomic E-state index is 0. The smallest absolute Gasteiger partial charge is 0.0885 e. The Kier molecular flexibility index (Phi) is 1.47. The van der Waals surface area contributed by atoms with Gasteiger partial charge in [-0.1, -0.05) is 6.58 Å². The number of allylic oxidation sites excluding steroid dienone is 1. The van der Waals surface area contributed by atoms with E-state index in [9.17, 15) is 0 Å². The van der Waals surface area contributed by atoms with Crippen LogP contribution in [-0.2, 0) is 0 Å². The zero-order chi connectivity index (χ0) is 8.55. The van der Waals surface area contributed by atoms with Crippen LogP contribution in [0.5, 0.6) is 0 Å². The molecule has 0 unspecified atom stereocenters. The molecule has 0 aliphatic rings. The molecule has 0 amide bonds. The molecular weight excluding hydrogens is 148 g/mol. The summed E-state index contributed by atoms with van der Waals surface area (Å²) in [4.78, 5) is 7.44. The number of rotatable bonds is 1. The molecule has 0 atom stereocenters. The van der Waals surface area contributed by atoms with Crippen molar-refractivity contribution in [2.45, 2.75) is 6.92 Å². The van der Waals surface area contributed by atoms with Crippen LogP contribution in [0.25, 0.3) is 16.6 Å². The number of nitrogens with zero attached hydrogens (tertiary/aromatic N) is 1. The van der Waals surface area contributed by atoms with Gasteiger partial charge in [-0.3, -0.25) is 4.98 Å². The highest BCUT2D eigenvalue weighted by Crippen LogP contribution is 2.16. The summed E-state index contributed by atoms with van der Waals surface area (Å²) in [5.74, 6) is 0. The molecule has 0 aromatic carbocycles. The number of hydrogen-bond acceptors (Lipinski definition) is 1. The van der Waals surface area contributed by atoms with Crippen molar-refractivity contribution in [2.75, 3.05) is 0 Å². The molecule has 12 heavy (non-hydrogen) atoms. The summed E-state index contributed by atoms with van der Waals surface area (Å²) >= 11 is 0. The lowest BCUT2D eigenvalue weighted by molar-refractivity contribution is 1.38. The van der Waals surface area contributed by atoms with Crippen LogP contribution in [0.1, 0.15) is 14.0 Å². The molecule has 62 valence electrons. The van der Waals surface area contributed by atoms with E-state index in [-0.39, 0.29) is 1.43 Å². The Morgan fingerprint density at radius 1 is 1.67 bits per heavy atom. The van der Waals surface area contributed by atoms with Crippen molar-refractivity contribution in [1.29, 1.82) is 0 Å². The first-order chi connectivity index (χ1) is 5.77. The number of aromatic amines is 1. The maximum absolute atomic E-state index is 4.21. The maximum Gasteiger partial charge on any atom is 0.0885 e. The first kappa shape index (κ1) is 7.10. The summed E-state index contributed by atoms with van der Waals surface area (Å²) in [6.07, 6.45) is 1.79. The second-order valence-electron chi connectivity index (χ2n) is 2.90. The van der Waals surface area contributed by atoms with Crippen LogP contribution >= 0.6 is 0 Å². The van der Waals surface area contributed by atoms with Gasteiger partial charge in [-0.2, -0.15) is 0 Å². The number of H-pyrrole nitrogens is 1. The molecule has 2 heteroatoms. The first-order valence-electron chi connectivity index (χ1n) is 3.87. The topological polar surface area (TPSA) is 28.7 Å². The van der Waals surface area contributed by atoms with Gasteiger partial charge in [-0.25, -0.2) is 0 Å². The Balaban J connectivity index is 0.000000845. The molecule has 0 radical (unpaired) electrons. The Bertz CT molecular complexity index is 398. The molecule has 1 N–H and O–H groups in total. The molecule has 2 aromatic rings. The van der Waals surface area contributed by atoms with Crippen molar-refractivity contribution in [2.24, 2.45) is 0 Å². The SMILES string of the molecule is C=C(C)c1cc2ncccc2[nH]1.[HH]. The van der Waals surface area contributed by atoms with Crippen LogP contribution < -0.4 is 0 Å². The van der Waals surface area contributed by atoms with E-state index in [2.05, 4.69) is 16.5 Å². The van der Waals surface area contributed by atoms with Crippen LogP contribution in [0.2, 0.25) is 0 Å². The molecule has 0 bridgehead atoms. The molecule has 2 nitrogen and oxygen atoms in total. The lowest BCUT2D eigenvalue weighted by Gasteiger charge is -1.89. The van der Waals surface area contributed by atoms with Gasteiger partial charge in [-0.05, 0) is 30.7 Å². The summed E-state index contributed by atoms with van der Waals surface area (Å²) in [6, 6.07) is 5.94. The van der Waals surface area contributed by atoms with Crippen molar-refractivity contribution in [1.82, 2.24) is 9.97 Å². The van der Waals surface area contributed by atoms with E-state index >= 15 is 0 Å². The van der Waals surface area contributed by atoms with Crippen LogP contribution in [-0.4, -0.2) is 9.97 Å². The second-order valence-corrected chi connectivity index (χ2v) is 2.90. The van der Waals surface area contributed by atoms with E-state index < -0.39 is 0 Å². The highest BCUT2D eigenvalue weighted by Gasteiger charge is 1.99. The summed E-state index contributed by atoms with van der Waals surface area (Å²) < 4.78 is 0. The fourth-order valence-corrected chi connectivity index (χ4v) is 1.19. The Morgan fingerprint density at radius 3 is 3.17 bits per heavy atom. The highest BCUT2D eigenvalue weighted by atomic mass is 14.8. The largest absolute Gasteiger partial charge is 0.353 e. The van der Waals surface area contributed by atoms with Gasteiger partial charge in [0.2, 0.25) is 0 Å². The van der Waals surface area contributed by atoms with Gasteiger partial charge >= 0.3 is 0 Å². The Labute approximate surface area is 72.4 Å². The summed E-state index contributed by atoms with van der Waals surface area (Å²) in [6.45, 7) is 5.84. The number of fused-ring (bicyclic) bond motifs is 1. The predicted molar refractivity (Wildman–Crippen MR) is 52.9 cm³/mol. The zero-order valence-corrected chi connectivity index (χ0v) is 6.96. The fourth-order valence-electron chi connectivity index (χ4n) is 1.19. The third-order valence-electron chi connectivity index (χ3n) is 1.85. The number of pyridine rings is 1. The minimum atomic E-state index is 0. The molecule has 2 rings (SSSR count). The molecule has 0 saturated carbocycles. The Hall–Kier alpha value is -1.57. The molecular formula is C10H12N2. The molecule has 2 heterocycles. The third-order valence-corrected chi connectivity index (χ3v) is 1.85. The molecule has 0 aliphatic heterocycles. The van der Waals surface area contributed by atoms with E-state index in [1.165, 1.54) is 0 Å². The Morgan fingerprint density at radius 2 is 2.50 bits per heavy atom. The van der Waals surface area contributed by atoms with Gasteiger partial charge < -0.3 is 4.98 Å². The zero-order valence-electron chi connectivity index (χ0n) is 6.96. The van der Waals surface area contributed by atoms with E-state index in [4.69, 9.17) is 0 Å². The number of hydrogen-bond donors (Lipinski definition) is 1. The molecule has 0 saturated heterocycles. The normalized spacial score (nSPS) is 10.4. The van der Waals surface area contributed by atoms with Crippen molar-refractivity contribution in [3.63, 3.8) is 0 Å². The van der Waals surface area contributed by atoms with Crippen LogP contribution in [0.4, 0.5) is 0 Å². The monoisotopic (exact) mass is 160 g/mol. The molecule has 0 fully saturated rings. The lowest BCUT2D eigenvalue weighted by Crippen LogP contribution is -1.73. The van der Waals surface area contributed by atoms with E-state index in [0.29, 0.717) is 0 Å². The van der Waals surface area contributed by atoms with Gasteiger partial charge in [0.05, 0.1) is 11.0 Å². The lowest BCUT2D eigenvalue weighted by atomic mass is 10.2. The number of aromatic nitrogens is 2. The second kappa shape index (κ2) is 2.48. The third kappa shape index (κ3) is 1.01. The standard InChI is InChI=1S/C10H10N2.H2/c1-7(2)9-6-10-8(12-9)4-3-5-11-10;/h3-6,12H,1H2,2H3;1H. The van der Waals surface area contributed by atoms with Crippen molar-refractivity contribution in [3.05, 3.63) is 36.7 Å². The first-order valence-corrected chi connectivity index (χ1v) is 3.87. The quantitative estimate of drug-likeness (QED) is 0.682. The fraction of sp³-hybridized carbons (Fsp3) is 0.100. The highest BCUT2D eigenvalue weighted by molar-refractivity contribution is 5.80. The average molecular weight is 160 g/mol. The van der Waals surface area contributed by atoms with Gasteiger partial charge in [0.25, 0.3) is 0 Å². The summed E-state index contributed by atoms with van der Waals surface area (Å²) in [5, 5.41) is 0. The van der Waals surface area contributed by atoms with Crippen LogP contribution in [0.15, 0.2) is 31.0 Å². The maximum atomic E-state index is 4.21. The molecule has 0 spiro atoms. The summed E-state index contributed by atoms with van der Waals surface area (Å²) in [5.41, 5.74) is 4.16. The molecule has 0 aliphatic carbocycles. The number of nitrogens with one attached hydrogen (secondary N) is 1. The van der Waals surface area contributed by atoms with Crippen molar-refractivity contribution >= 4 is 16.6 Å². The van der Waals surface area contributed by atoms with E-state index in [1.54, 1.807) is 6.20 Å².